The van der Waals surface area contributed by atoms with Crippen LogP contribution in [-0.2, 0) is 4.79 Å². The van der Waals surface area contributed by atoms with Crippen molar-refractivity contribution in [3.63, 3.8) is 0 Å². The average Bonchev–Trinajstić information content (AvgIpc) is 2.94. The molecule has 1 atom stereocenters. The van der Waals surface area contributed by atoms with Gasteiger partial charge in [0, 0.05) is 43.1 Å². The predicted molar refractivity (Wildman–Crippen MR) is 146 cm³/mol. The van der Waals surface area contributed by atoms with Gasteiger partial charge in [-0.15, -0.1) is 0 Å². The molecule has 0 saturated carbocycles. The summed E-state index contributed by atoms with van der Waals surface area (Å²) in [6.45, 7) is 7.21. The number of benzene rings is 2. The highest BCUT2D eigenvalue weighted by molar-refractivity contribution is 5.98. The van der Waals surface area contributed by atoms with Gasteiger partial charge in [0.15, 0.2) is 17.7 Å². The molecule has 0 bridgehead atoms. The van der Waals surface area contributed by atoms with Gasteiger partial charge in [-0.2, -0.15) is 4.98 Å². The molecule has 0 saturated heterocycles. The molecule has 5 N–H and O–H groups in total. The van der Waals surface area contributed by atoms with Gasteiger partial charge in [-0.1, -0.05) is 13.8 Å². The Morgan fingerprint density at radius 1 is 1.13 bits per heavy atom. The lowest BCUT2D eigenvalue weighted by Gasteiger charge is -2.25. The summed E-state index contributed by atoms with van der Waals surface area (Å²) in [6, 6.07) is 11.7. The van der Waals surface area contributed by atoms with Crippen molar-refractivity contribution in [2.75, 3.05) is 48.7 Å². The molecule has 2 amide bonds. The second kappa shape index (κ2) is 13.0. The molecule has 0 fully saturated rings. The van der Waals surface area contributed by atoms with Crippen LogP contribution in [0.1, 0.15) is 30.6 Å². The molecule has 0 spiro atoms. The smallest absolute Gasteiger partial charge is 0.265 e. The fraction of sp³-hybridized carbons (Fsp3) is 0.333. The van der Waals surface area contributed by atoms with Crippen molar-refractivity contribution in [1.29, 1.82) is 0 Å². The lowest BCUT2D eigenvalue weighted by atomic mass is 10.1. The summed E-state index contributed by atoms with van der Waals surface area (Å²) >= 11 is 0. The number of anilines is 5. The van der Waals surface area contributed by atoms with E-state index in [0.717, 1.165) is 25.8 Å². The van der Waals surface area contributed by atoms with E-state index >= 15 is 0 Å². The van der Waals surface area contributed by atoms with Crippen LogP contribution in [0.4, 0.5) is 33.2 Å². The molecular weight excluding hydrogens is 505 g/mol. The number of amides is 2. The molecule has 1 aromatic heterocycles. The third kappa shape index (κ3) is 7.18. The molecule has 1 unspecified atom stereocenters. The van der Waals surface area contributed by atoms with Gasteiger partial charge in [-0.25, -0.2) is 9.37 Å². The van der Waals surface area contributed by atoms with E-state index in [1.165, 1.54) is 0 Å². The first-order chi connectivity index (χ1) is 18.9. The Kier molecular flexibility index (Phi) is 9.23. The van der Waals surface area contributed by atoms with Crippen LogP contribution in [0.15, 0.2) is 48.7 Å². The Morgan fingerprint density at radius 2 is 1.87 bits per heavy atom. The number of aliphatic hydroxyl groups is 1. The van der Waals surface area contributed by atoms with Crippen molar-refractivity contribution in [1.82, 2.24) is 20.2 Å². The average molecular weight is 538 g/mol. The Balaban J connectivity index is 1.38. The molecule has 2 heterocycles. The van der Waals surface area contributed by atoms with Crippen molar-refractivity contribution in [3.05, 3.63) is 60.0 Å². The van der Waals surface area contributed by atoms with Gasteiger partial charge >= 0.3 is 0 Å². The second-order valence-corrected chi connectivity index (χ2v) is 8.82. The first-order valence-electron chi connectivity index (χ1n) is 12.8. The third-order valence-corrected chi connectivity index (χ3v) is 6.21. The molecular formula is C27H32FN7O4. The van der Waals surface area contributed by atoms with E-state index in [-0.39, 0.29) is 36.6 Å². The maximum atomic E-state index is 14.5. The summed E-state index contributed by atoms with van der Waals surface area (Å²) in [5.74, 6) is -0.664. The maximum Gasteiger partial charge on any atom is 0.265 e. The summed E-state index contributed by atoms with van der Waals surface area (Å²) in [6.07, 6.45) is 0.452. The van der Waals surface area contributed by atoms with Crippen LogP contribution in [0.3, 0.4) is 0 Å². The number of ether oxygens (including phenoxy) is 1. The number of nitrogens with one attached hydrogen (secondary N) is 4. The SMILES string of the molecule is CCN(CC)CCNC(=O)c1ccc(Nc2ncc(F)c(Nc3ccc4c(c3)NC(=O)C(CCO)O4)n2)cc1. The molecule has 206 valence electrons. The Morgan fingerprint density at radius 3 is 2.59 bits per heavy atom. The van der Waals surface area contributed by atoms with E-state index in [2.05, 4.69) is 50.0 Å². The number of aliphatic hydroxyl groups excluding tert-OH is 1. The number of hydrogen-bond donors (Lipinski definition) is 5. The molecule has 1 aliphatic heterocycles. The van der Waals surface area contributed by atoms with Gasteiger partial charge < -0.3 is 36.0 Å². The van der Waals surface area contributed by atoms with E-state index in [4.69, 9.17) is 9.84 Å². The molecule has 0 radical (unpaired) electrons. The van der Waals surface area contributed by atoms with Crippen LogP contribution >= 0.6 is 0 Å². The van der Waals surface area contributed by atoms with Crippen molar-refractivity contribution < 1.29 is 23.8 Å². The van der Waals surface area contributed by atoms with Crippen LogP contribution in [0.25, 0.3) is 0 Å². The van der Waals surface area contributed by atoms with E-state index in [1.54, 1.807) is 42.5 Å². The highest BCUT2D eigenvalue weighted by Crippen LogP contribution is 2.34. The van der Waals surface area contributed by atoms with Gasteiger partial charge in [0.1, 0.15) is 5.75 Å². The summed E-state index contributed by atoms with van der Waals surface area (Å²) < 4.78 is 20.1. The fourth-order valence-corrected chi connectivity index (χ4v) is 3.99. The van der Waals surface area contributed by atoms with E-state index < -0.39 is 11.9 Å². The highest BCUT2D eigenvalue weighted by Gasteiger charge is 2.27. The van der Waals surface area contributed by atoms with Crippen LogP contribution in [0.5, 0.6) is 5.75 Å². The number of rotatable bonds is 12. The fourth-order valence-electron chi connectivity index (χ4n) is 3.99. The minimum absolute atomic E-state index is 0.0714. The summed E-state index contributed by atoms with van der Waals surface area (Å²) in [5.41, 5.74) is 2.04. The Hall–Kier alpha value is -4.29. The molecule has 12 heteroatoms. The van der Waals surface area contributed by atoms with Crippen LogP contribution in [0, 0.1) is 5.82 Å². The number of hydrogen-bond acceptors (Lipinski definition) is 9. The van der Waals surface area contributed by atoms with Crippen LogP contribution in [-0.4, -0.2) is 70.7 Å². The van der Waals surface area contributed by atoms with Crippen molar-refractivity contribution >= 4 is 40.6 Å². The predicted octanol–water partition coefficient (Wildman–Crippen LogP) is 3.26. The Bertz CT molecular complexity index is 1300. The first kappa shape index (κ1) is 27.7. The molecule has 2 aromatic carbocycles. The van der Waals surface area contributed by atoms with Gasteiger partial charge in [0.2, 0.25) is 5.95 Å². The monoisotopic (exact) mass is 537 g/mol. The minimum Gasteiger partial charge on any atom is -0.478 e. The maximum absolute atomic E-state index is 14.5. The third-order valence-electron chi connectivity index (χ3n) is 6.21. The standard InChI is InChI=1S/C27H32FN7O4/c1-3-35(4-2)13-12-29-25(37)17-5-7-18(8-6-17)32-27-30-16-20(28)24(34-27)31-19-9-10-22-21(15-19)33-26(38)23(39-22)11-14-36/h5-10,15-16,23,36H,3-4,11-14H2,1-2H3,(H,29,37)(H,33,38)(H2,30,31,32,34). The normalized spacial score (nSPS) is 14.3. The van der Waals surface area contributed by atoms with Crippen LogP contribution in [0.2, 0.25) is 0 Å². The van der Waals surface area contributed by atoms with Gasteiger partial charge in [0.25, 0.3) is 11.8 Å². The topological polar surface area (TPSA) is 141 Å². The zero-order valence-electron chi connectivity index (χ0n) is 21.8. The quantitative estimate of drug-likeness (QED) is 0.235. The second-order valence-electron chi connectivity index (χ2n) is 8.82. The number of fused-ring (bicyclic) bond motifs is 1. The lowest BCUT2D eigenvalue weighted by Crippen LogP contribution is -2.37. The molecule has 3 aromatic rings. The zero-order valence-corrected chi connectivity index (χ0v) is 21.8. The number of likely N-dealkylation sites (N-methyl/N-ethyl adjacent to an activating group) is 1. The molecule has 11 nitrogen and oxygen atoms in total. The number of carbonyl (C=O) groups excluding carboxylic acids is 2. The zero-order chi connectivity index (χ0) is 27.8. The number of aromatic nitrogens is 2. The number of carbonyl (C=O) groups is 2. The van der Waals surface area contributed by atoms with Crippen molar-refractivity contribution in [2.45, 2.75) is 26.4 Å². The number of nitrogens with zero attached hydrogens (tertiary/aromatic N) is 3. The number of halogens is 1. The van der Waals surface area contributed by atoms with Gasteiger partial charge in [-0.3, -0.25) is 9.59 Å². The summed E-state index contributed by atoms with van der Waals surface area (Å²) in [7, 11) is 0. The van der Waals surface area contributed by atoms with Gasteiger partial charge in [-0.05, 0) is 55.6 Å². The molecule has 0 aliphatic carbocycles. The van der Waals surface area contributed by atoms with Gasteiger partial charge in [0.05, 0.1) is 11.9 Å². The van der Waals surface area contributed by atoms with E-state index in [0.29, 0.717) is 34.9 Å². The first-order valence-corrected chi connectivity index (χ1v) is 12.8. The summed E-state index contributed by atoms with van der Waals surface area (Å²) in [5, 5.41) is 20.6. The van der Waals surface area contributed by atoms with Crippen molar-refractivity contribution in [3.8, 4) is 5.75 Å². The van der Waals surface area contributed by atoms with Crippen molar-refractivity contribution in [2.24, 2.45) is 0 Å². The molecule has 4 rings (SSSR count). The minimum atomic E-state index is -0.768. The largest absolute Gasteiger partial charge is 0.478 e. The molecule has 1 aliphatic rings. The lowest BCUT2D eigenvalue weighted by molar-refractivity contribution is -0.124. The van der Waals surface area contributed by atoms with E-state index in [9.17, 15) is 14.0 Å². The van der Waals surface area contributed by atoms with E-state index in [1.807, 2.05) is 0 Å². The Labute approximate surface area is 225 Å². The molecule has 39 heavy (non-hydrogen) atoms. The van der Waals surface area contributed by atoms with Crippen LogP contribution < -0.4 is 26.0 Å². The highest BCUT2D eigenvalue weighted by atomic mass is 19.1. The summed E-state index contributed by atoms with van der Waals surface area (Å²) in [4.78, 5) is 35.0.